The van der Waals surface area contributed by atoms with Gasteiger partial charge in [0.15, 0.2) is 17.3 Å². The van der Waals surface area contributed by atoms with Gasteiger partial charge in [-0.15, -0.1) is 0 Å². The standard InChI is InChI=1S/C17H15N7O3/c1-27-16(25)10-4-2-3-9(7-10)8-24-15-12(20-17(24)26)13(18)21-14(22-15)11-5-6-19-23-11/h2-7H,8H2,1H3,(H,19,23)(H,20,26)(H2,18,21,22). The van der Waals surface area contributed by atoms with Crippen molar-refractivity contribution in [1.82, 2.24) is 29.7 Å². The van der Waals surface area contributed by atoms with E-state index in [0.717, 1.165) is 5.56 Å². The first-order valence-corrected chi connectivity index (χ1v) is 8.00. The van der Waals surface area contributed by atoms with Crippen LogP contribution in [0, 0.1) is 0 Å². The van der Waals surface area contributed by atoms with Crippen molar-refractivity contribution in [3.8, 4) is 11.5 Å². The predicted octanol–water partition coefficient (Wildman–Crippen LogP) is 0.927. The highest BCUT2D eigenvalue weighted by molar-refractivity contribution is 5.89. The van der Waals surface area contributed by atoms with Crippen molar-refractivity contribution < 1.29 is 9.53 Å². The number of rotatable bonds is 4. The third-order valence-electron chi connectivity index (χ3n) is 4.08. The summed E-state index contributed by atoms with van der Waals surface area (Å²) in [5.74, 6) is 0.0357. The molecule has 0 atom stereocenters. The van der Waals surface area contributed by atoms with Crippen LogP contribution in [-0.2, 0) is 11.3 Å². The average Bonchev–Trinajstić information content (AvgIpc) is 3.31. The molecule has 10 heteroatoms. The zero-order valence-corrected chi connectivity index (χ0v) is 14.3. The molecule has 0 saturated carbocycles. The zero-order chi connectivity index (χ0) is 19.0. The molecule has 3 heterocycles. The van der Waals surface area contributed by atoms with E-state index in [1.165, 1.54) is 11.7 Å². The molecule has 0 saturated heterocycles. The zero-order valence-electron chi connectivity index (χ0n) is 14.3. The second kappa shape index (κ2) is 6.41. The van der Waals surface area contributed by atoms with E-state index >= 15 is 0 Å². The third kappa shape index (κ3) is 2.92. The Morgan fingerprint density at radius 3 is 2.89 bits per heavy atom. The highest BCUT2D eigenvalue weighted by Crippen LogP contribution is 2.20. The van der Waals surface area contributed by atoms with Crippen LogP contribution in [0.3, 0.4) is 0 Å². The molecule has 0 aliphatic rings. The Balaban J connectivity index is 1.81. The van der Waals surface area contributed by atoms with E-state index in [-0.39, 0.29) is 18.1 Å². The third-order valence-corrected chi connectivity index (χ3v) is 4.08. The van der Waals surface area contributed by atoms with E-state index in [1.54, 1.807) is 36.5 Å². The number of nitrogens with two attached hydrogens (primary N) is 1. The van der Waals surface area contributed by atoms with Gasteiger partial charge in [-0.25, -0.2) is 19.6 Å². The summed E-state index contributed by atoms with van der Waals surface area (Å²) in [7, 11) is 1.32. The Morgan fingerprint density at radius 1 is 1.30 bits per heavy atom. The largest absolute Gasteiger partial charge is 0.465 e. The Bertz CT molecular complexity index is 1190. The predicted molar refractivity (Wildman–Crippen MR) is 97.0 cm³/mol. The Labute approximate surface area is 152 Å². The maximum atomic E-state index is 12.4. The van der Waals surface area contributed by atoms with Gasteiger partial charge in [-0.05, 0) is 23.8 Å². The lowest BCUT2D eigenvalue weighted by molar-refractivity contribution is 0.0600. The van der Waals surface area contributed by atoms with E-state index < -0.39 is 5.97 Å². The summed E-state index contributed by atoms with van der Waals surface area (Å²) in [6.45, 7) is 0.197. The van der Waals surface area contributed by atoms with Crippen LogP contribution in [0.15, 0.2) is 41.3 Å². The summed E-state index contributed by atoms with van der Waals surface area (Å²) >= 11 is 0. The number of aromatic nitrogens is 6. The van der Waals surface area contributed by atoms with Crippen LogP contribution in [0.1, 0.15) is 15.9 Å². The fraction of sp³-hybridized carbons (Fsp3) is 0.118. The number of H-pyrrole nitrogens is 2. The normalized spacial score (nSPS) is 11.0. The molecule has 136 valence electrons. The molecule has 0 aliphatic carbocycles. The van der Waals surface area contributed by atoms with Gasteiger partial charge in [0, 0.05) is 6.20 Å². The minimum Gasteiger partial charge on any atom is -0.465 e. The fourth-order valence-corrected chi connectivity index (χ4v) is 2.80. The molecule has 4 N–H and O–H groups in total. The van der Waals surface area contributed by atoms with Gasteiger partial charge in [0.05, 0.1) is 19.2 Å². The quantitative estimate of drug-likeness (QED) is 0.456. The monoisotopic (exact) mass is 365 g/mol. The van der Waals surface area contributed by atoms with E-state index in [9.17, 15) is 9.59 Å². The molecule has 0 spiro atoms. The molecule has 0 amide bonds. The molecular weight excluding hydrogens is 350 g/mol. The van der Waals surface area contributed by atoms with Gasteiger partial charge in [-0.1, -0.05) is 12.1 Å². The number of benzene rings is 1. The van der Waals surface area contributed by atoms with Crippen LogP contribution in [0.2, 0.25) is 0 Å². The topological polar surface area (TPSA) is 145 Å². The Kier molecular flexibility index (Phi) is 3.92. The van der Waals surface area contributed by atoms with Crippen molar-refractivity contribution in [2.75, 3.05) is 12.8 Å². The lowest BCUT2D eigenvalue weighted by atomic mass is 10.1. The van der Waals surface area contributed by atoms with Gasteiger partial charge in [0.1, 0.15) is 11.2 Å². The van der Waals surface area contributed by atoms with Crippen LogP contribution in [0.25, 0.3) is 22.7 Å². The number of nitrogen functional groups attached to an aromatic ring is 1. The van der Waals surface area contributed by atoms with Gasteiger partial charge in [-0.2, -0.15) is 5.10 Å². The summed E-state index contributed by atoms with van der Waals surface area (Å²) in [5.41, 5.74) is 8.04. The minimum absolute atomic E-state index is 0.156. The van der Waals surface area contributed by atoms with Crippen LogP contribution < -0.4 is 11.4 Å². The highest BCUT2D eigenvalue weighted by Gasteiger charge is 2.16. The number of anilines is 1. The fourth-order valence-electron chi connectivity index (χ4n) is 2.80. The first-order valence-electron chi connectivity index (χ1n) is 8.00. The lowest BCUT2D eigenvalue weighted by Gasteiger charge is -2.06. The van der Waals surface area contributed by atoms with Crippen molar-refractivity contribution in [3.05, 3.63) is 58.1 Å². The highest BCUT2D eigenvalue weighted by atomic mass is 16.5. The number of hydrogen-bond donors (Lipinski definition) is 3. The van der Waals surface area contributed by atoms with Crippen molar-refractivity contribution >= 4 is 23.0 Å². The number of esters is 1. The molecule has 0 unspecified atom stereocenters. The molecule has 0 aliphatic heterocycles. The van der Waals surface area contributed by atoms with Crippen LogP contribution >= 0.6 is 0 Å². The Morgan fingerprint density at radius 2 is 2.15 bits per heavy atom. The SMILES string of the molecule is COC(=O)c1cccc(Cn2c(=O)[nH]c3c(N)nc(-c4ccn[nH]4)nc32)c1. The molecule has 0 radical (unpaired) electrons. The molecule has 4 rings (SSSR count). The second-order valence-electron chi connectivity index (χ2n) is 5.81. The van der Waals surface area contributed by atoms with E-state index in [0.29, 0.717) is 28.2 Å². The Hall–Kier alpha value is -3.95. The van der Waals surface area contributed by atoms with Crippen LogP contribution in [0.5, 0.6) is 0 Å². The van der Waals surface area contributed by atoms with Gasteiger partial charge in [0.2, 0.25) is 0 Å². The number of ether oxygens (including phenoxy) is 1. The van der Waals surface area contributed by atoms with Gasteiger partial charge in [-0.3, -0.25) is 9.67 Å². The number of carbonyl (C=O) groups is 1. The number of nitrogens with zero attached hydrogens (tertiary/aromatic N) is 4. The minimum atomic E-state index is -0.448. The van der Waals surface area contributed by atoms with Gasteiger partial charge < -0.3 is 15.5 Å². The molecule has 3 aromatic heterocycles. The maximum Gasteiger partial charge on any atom is 0.337 e. The number of methoxy groups -OCH3 is 1. The van der Waals surface area contributed by atoms with Gasteiger partial charge >= 0.3 is 11.7 Å². The number of nitrogens with one attached hydrogen (secondary N) is 2. The number of aromatic amines is 2. The van der Waals surface area contributed by atoms with E-state index in [1.807, 2.05) is 0 Å². The maximum absolute atomic E-state index is 12.4. The number of hydrogen-bond acceptors (Lipinski definition) is 7. The van der Waals surface area contributed by atoms with E-state index in [2.05, 4.69) is 25.1 Å². The van der Waals surface area contributed by atoms with Crippen LogP contribution in [-0.4, -0.2) is 42.8 Å². The van der Waals surface area contributed by atoms with Gasteiger partial charge in [0.25, 0.3) is 0 Å². The molecule has 0 bridgehead atoms. The van der Waals surface area contributed by atoms with Crippen molar-refractivity contribution in [2.45, 2.75) is 6.54 Å². The second-order valence-corrected chi connectivity index (χ2v) is 5.81. The average molecular weight is 365 g/mol. The van der Waals surface area contributed by atoms with Crippen molar-refractivity contribution in [3.63, 3.8) is 0 Å². The number of imidazole rings is 1. The molecule has 10 nitrogen and oxygen atoms in total. The first-order chi connectivity index (χ1) is 13.1. The molecule has 27 heavy (non-hydrogen) atoms. The molecule has 4 aromatic rings. The molecule has 0 fully saturated rings. The first kappa shape index (κ1) is 16.5. The number of carbonyl (C=O) groups excluding carboxylic acids is 1. The molecular formula is C17H15N7O3. The summed E-state index contributed by atoms with van der Waals surface area (Å²) in [6.07, 6.45) is 1.57. The smallest absolute Gasteiger partial charge is 0.337 e. The van der Waals surface area contributed by atoms with Crippen molar-refractivity contribution in [1.29, 1.82) is 0 Å². The van der Waals surface area contributed by atoms with Crippen LogP contribution in [0.4, 0.5) is 5.82 Å². The van der Waals surface area contributed by atoms with E-state index in [4.69, 9.17) is 10.5 Å². The summed E-state index contributed by atoms with van der Waals surface area (Å²) in [4.78, 5) is 35.5. The summed E-state index contributed by atoms with van der Waals surface area (Å²) < 4.78 is 6.17. The summed E-state index contributed by atoms with van der Waals surface area (Å²) in [5, 5.41) is 6.64. The molecule has 1 aromatic carbocycles. The van der Waals surface area contributed by atoms with Crippen molar-refractivity contribution in [2.24, 2.45) is 0 Å². The lowest BCUT2D eigenvalue weighted by Crippen LogP contribution is -2.18. The number of fused-ring (bicyclic) bond motifs is 1. The summed E-state index contributed by atoms with van der Waals surface area (Å²) in [6, 6.07) is 8.54.